The van der Waals surface area contributed by atoms with Crippen LogP contribution in [0, 0.1) is 12.7 Å². The number of carboxylic acid groups (broad SMARTS) is 1. The first kappa shape index (κ1) is 26.6. The van der Waals surface area contributed by atoms with Crippen molar-refractivity contribution in [3.63, 3.8) is 0 Å². The van der Waals surface area contributed by atoms with Gasteiger partial charge in [0, 0.05) is 23.6 Å². The van der Waals surface area contributed by atoms with Crippen molar-refractivity contribution in [1.82, 2.24) is 4.57 Å². The number of hydrogen-bond donors (Lipinski definition) is 1. The normalized spacial score (nSPS) is 14.1. The molecule has 0 bridgehead atoms. The van der Waals surface area contributed by atoms with Crippen LogP contribution in [0.3, 0.4) is 0 Å². The molecule has 1 N–H and O–H groups in total. The number of nitrogens with zero attached hydrogens (tertiary/aromatic N) is 1. The molecule has 1 aliphatic heterocycles. The Morgan fingerprint density at radius 3 is 2.46 bits per heavy atom. The lowest BCUT2D eigenvalue weighted by molar-refractivity contribution is -0.161. The van der Waals surface area contributed by atoms with E-state index in [9.17, 15) is 14.7 Å². The van der Waals surface area contributed by atoms with Gasteiger partial charge in [-0.3, -0.25) is 4.79 Å². The van der Waals surface area contributed by atoms with Crippen LogP contribution in [0.5, 0.6) is 5.75 Å². The molecule has 0 aliphatic carbocycles. The van der Waals surface area contributed by atoms with Crippen LogP contribution in [0.4, 0.5) is 4.39 Å². The molecule has 2 heterocycles. The summed E-state index contributed by atoms with van der Waals surface area (Å²) >= 11 is 0. The van der Waals surface area contributed by atoms with Crippen LogP contribution in [-0.2, 0) is 23.0 Å². The van der Waals surface area contributed by atoms with Gasteiger partial charge in [0.25, 0.3) is 5.56 Å². The number of fused-ring (bicyclic) bond motifs is 2. The van der Waals surface area contributed by atoms with Crippen LogP contribution >= 0.6 is 0 Å². The Morgan fingerprint density at radius 2 is 1.79 bits per heavy atom. The topological polar surface area (TPSA) is 77.8 Å². The van der Waals surface area contributed by atoms with E-state index < -0.39 is 23.5 Å². The fourth-order valence-electron chi connectivity index (χ4n) is 5.43. The lowest BCUT2D eigenvalue weighted by Gasteiger charge is -2.29. The van der Waals surface area contributed by atoms with Crippen molar-refractivity contribution in [3.05, 3.63) is 87.6 Å². The van der Waals surface area contributed by atoms with E-state index in [0.29, 0.717) is 34.9 Å². The summed E-state index contributed by atoms with van der Waals surface area (Å²) in [5.41, 5.74) is 3.31. The molecule has 7 heteroatoms. The van der Waals surface area contributed by atoms with E-state index in [1.807, 2.05) is 55.5 Å². The smallest absolute Gasteiger partial charge is 0.339 e. The molecule has 6 nitrogen and oxygen atoms in total. The minimum absolute atomic E-state index is 0.168. The number of carbonyl (C=O) groups is 1. The molecule has 0 radical (unpaired) electrons. The molecular weight excluding hydrogens is 497 g/mol. The van der Waals surface area contributed by atoms with Crippen molar-refractivity contribution in [2.24, 2.45) is 7.05 Å². The Morgan fingerprint density at radius 1 is 1.08 bits per heavy atom. The van der Waals surface area contributed by atoms with Crippen molar-refractivity contribution in [2.45, 2.75) is 52.2 Å². The van der Waals surface area contributed by atoms with Crippen molar-refractivity contribution < 1.29 is 23.8 Å². The summed E-state index contributed by atoms with van der Waals surface area (Å²) in [6.45, 7) is 7.61. The summed E-state index contributed by atoms with van der Waals surface area (Å²) < 4.78 is 28.5. The van der Waals surface area contributed by atoms with Gasteiger partial charge in [-0.2, -0.15) is 0 Å². The molecular formula is C32H32FNO5. The Bertz CT molecular complexity index is 1650. The molecule has 0 fully saturated rings. The average molecular weight is 530 g/mol. The molecule has 1 aliphatic rings. The van der Waals surface area contributed by atoms with Gasteiger partial charge < -0.3 is 19.1 Å². The third-order valence-electron chi connectivity index (χ3n) is 7.20. The van der Waals surface area contributed by atoms with Gasteiger partial charge in [0.2, 0.25) is 0 Å². The number of pyridine rings is 1. The van der Waals surface area contributed by atoms with Crippen LogP contribution < -0.4 is 10.3 Å². The van der Waals surface area contributed by atoms with Crippen LogP contribution in [-0.4, -0.2) is 27.9 Å². The van der Waals surface area contributed by atoms with Gasteiger partial charge in [0.05, 0.1) is 17.9 Å². The Kier molecular flexibility index (Phi) is 6.81. The highest BCUT2D eigenvalue weighted by Crippen LogP contribution is 2.43. The van der Waals surface area contributed by atoms with Crippen molar-refractivity contribution in [1.29, 1.82) is 0 Å². The monoisotopic (exact) mass is 529 g/mol. The minimum atomic E-state index is -1.47. The second-order valence-corrected chi connectivity index (χ2v) is 11.0. The summed E-state index contributed by atoms with van der Waals surface area (Å²) in [7, 11) is 1.55. The molecule has 0 amide bonds. The Labute approximate surface area is 226 Å². The number of hydrogen-bond acceptors (Lipinski definition) is 4. The predicted octanol–water partition coefficient (Wildman–Crippen LogP) is 6.59. The number of benzene rings is 3. The van der Waals surface area contributed by atoms with Gasteiger partial charge in [-0.25, -0.2) is 9.18 Å². The molecule has 1 atom stereocenters. The van der Waals surface area contributed by atoms with Gasteiger partial charge >= 0.3 is 5.97 Å². The van der Waals surface area contributed by atoms with Crippen molar-refractivity contribution in [3.8, 4) is 28.0 Å². The SMILES string of the molecule is Cc1c(-c2c([C@H](OC(C)(C)C)C(=O)O)n(C)c(=O)c3cc(-c4ccccc4)ccc23)cc(F)c2c1CCCO2. The number of halogens is 1. The van der Waals surface area contributed by atoms with E-state index in [4.69, 9.17) is 9.47 Å². The van der Waals surface area contributed by atoms with Crippen molar-refractivity contribution >= 4 is 16.7 Å². The van der Waals surface area contributed by atoms with Gasteiger partial charge in [0.1, 0.15) is 0 Å². The molecule has 0 unspecified atom stereocenters. The van der Waals surface area contributed by atoms with E-state index in [1.54, 1.807) is 27.8 Å². The minimum Gasteiger partial charge on any atom is -0.490 e. The van der Waals surface area contributed by atoms with Crippen LogP contribution in [0.25, 0.3) is 33.0 Å². The summed E-state index contributed by atoms with van der Waals surface area (Å²) in [4.78, 5) is 26.5. The maximum atomic E-state index is 15.5. The standard InChI is InChI=1S/C32H32FNO5/c1-18-21-12-9-15-38-28(21)25(33)17-23(18)26-22-14-13-20(19-10-7-6-8-11-19)16-24(22)30(35)34(5)27(26)29(31(36)37)39-32(2,3)4/h6-8,10-11,13-14,16-17,29H,9,12,15H2,1-5H3,(H,36,37)/t29-/m0/s1. The predicted molar refractivity (Wildman–Crippen MR) is 150 cm³/mol. The van der Waals surface area contributed by atoms with E-state index in [2.05, 4.69) is 0 Å². The molecule has 0 spiro atoms. The van der Waals surface area contributed by atoms with Gasteiger partial charge in [-0.15, -0.1) is 0 Å². The largest absolute Gasteiger partial charge is 0.490 e. The van der Waals surface area contributed by atoms with Gasteiger partial charge in [0.15, 0.2) is 17.7 Å². The quantitative estimate of drug-likeness (QED) is 0.316. The van der Waals surface area contributed by atoms with Crippen LogP contribution in [0.2, 0.25) is 0 Å². The Hall–Kier alpha value is -3.97. The van der Waals surface area contributed by atoms with Crippen LogP contribution in [0.1, 0.15) is 50.1 Å². The van der Waals surface area contributed by atoms with Gasteiger partial charge in [-0.1, -0.05) is 42.5 Å². The second kappa shape index (κ2) is 9.97. The number of carboxylic acids is 1. The number of ether oxygens (including phenoxy) is 2. The molecule has 202 valence electrons. The van der Waals surface area contributed by atoms with E-state index in [1.165, 1.54) is 10.6 Å². The third kappa shape index (κ3) is 4.83. The molecule has 4 aromatic rings. The number of aliphatic carboxylic acids is 1. The molecule has 3 aromatic carbocycles. The first-order valence-corrected chi connectivity index (χ1v) is 13.1. The second-order valence-electron chi connectivity index (χ2n) is 11.0. The summed E-state index contributed by atoms with van der Waals surface area (Å²) in [5, 5.41) is 11.3. The molecule has 5 rings (SSSR count). The summed E-state index contributed by atoms with van der Waals surface area (Å²) in [6.07, 6.45) is -0.0713. The maximum absolute atomic E-state index is 15.5. The zero-order valence-electron chi connectivity index (χ0n) is 22.8. The molecule has 0 saturated carbocycles. The van der Waals surface area contributed by atoms with E-state index >= 15 is 4.39 Å². The highest BCUT2D eigenvalue weighted by atomic mass is 19.1. The first-order chi connectivity index (χ1) is 18.5. The van der Waals surface area contributed by atoms with E-state index in [0.717, 1.165) is 28.7 Å². The van der Waals surface area contributed by atoms with Gasteiger partial charge in [-0.05, 0) is 80.3 Å². The zero-order chi connectivity index (χ0) is 28.1. The van der Waals surface area contributed by atoms with Crippen molar-refractivity contribution in [2.75, 3.05) is 6.61 Å². The summed E-state index contributed by atoms with van der Waals surface area (Å²) in [6, 6.07) is 16.6. The molecule has 39 heavy (non-hydrogen) atoms. The Balaban J connectivity index is 1.91. The van der Waals surface area contributed by atoms with E-state index in [-0.39, 0.29) is 17.0 Å². The first-order valence-electron chi connectivity index (χ1n) is 13.1. The highest BCUT2D eigenvalue weighted by Gasteiger charge is 2.34. The number of rotatable bonds is 5. The fraction of sp³-hybridized carbons (Fsp3) is 0.312. The average Bonchev–Trinajstić information content (AvgIpc) is 2.91. The van der Waals surface area contributed by atoms with Crippen LogP contribution in [0.15, 0.2) is 59.4 Å². The fourth-order valence-corrected chi connectivity index (χ4v) is 5.43. The number of aromatic nitrogens is 1. The lowest BCUT2D eigenvalue weighted by Crippen LogP contribution is -2.33. The third-order valence-corrected chi connectivity index (χ3v) is 7.20. The molecule has 0 saturated heterocycles. The lowest BCUT2D eigenvalue weighted by atomic mass is 9.87. The zero-order valence-corrected chi connectivity index (χ0v) is 22.8. The maximum Gasteiger partial charge on any atom is 0.339 e. The molecule has 1 aromatic heterocycles. The highest BCUT2D eigenvalue weighted by molar-refractivity contribution is 6.01. The summed E-state index contributed by atoms with van der Waals surface area (Å²) in [5.74, 6) is -1.51.